The van der Waals surface area contributed by atoms with Gasteiger partial charge in [0.15, 0.2) is 20.4 Å². The summed E-state index contributed by atoms with van der Waals surface area (Å²) in [4.78, 5) is 33.0. The van der Waals surface area contributed by atoms with Crippen molar-refractivity contribution in [3.05, 3.63) is 108 Å². The lowest BCUT2D eigenvalue weighted by atomic mass is 10.2. The normalized spacial score (nSPS) is 12.2. The monoisotopic (exact) mass is 950 g/mol. The van der Waals surface area contributed by atoms with E-state index >= 15 is 0 Å². The predicted octanol–water partition coefficient (Wildman–Crippen LogP) is 9.32. The minimum absolute atomic E-state index is 0.0673. The highest BCUT2D eigenvalue weighted by molar-refractivity contribution is 7.53. The summed E-state index contributed by atoms with van der Waals surface area (Å²) in [6, 6.07) is 28.6. The van der Waals surface area contributed by atoms with E-state index in [1.54, 1.807) is 24.3 Å². The molecule has 16 nitrogen and oxygen atoms in total. The third-order valence-electron chi connectivity index (χ3n) is 7.93. The van der Waals surface area contributed by atoms with Crippen LogP contribution in [0.25, 0.3) is 0 Å². The molecule has 0 N–H and O–H groups in total. The van der Waals surface area contributed by atoms with Crippen molar-refractivity contribution in [2.45, 2.75) is 125 Å². The van der Waals surface area contributed by atoms with E-state index in [4.69, 9.17) is 51.7 Å². The van der Waals surface area contributed by atoms with Gasteiger partial charge in [-0.1, -0.05) is 78.9 Å². The van der Waals surface area contributed by atoms with Crippen molar-refractivity contribution >= 4 is 25.5 Å². The molecule has 0 spiro atoms. The van der Waals surface area contributed by atoms with Crippen LogP contribution in [0.5, 0.6) is 0 Å². The van der Waals surface area contributed by atoms with Crippen LogP contribution < -0.4 is 0 Å². The first-order chi connectivity index (χ1) is 31.5. The molecule has 0 saturated heterocycles. The van der Waals surface area contributed by atoms with Crippen LogP contribution in [0.15, 0.2) is 91.0 Å². The van der Waals surface area contributed by atoms with Crippen molar-refractivity contribution in [3.8, 4) is 0 Å². The molecule has 0 aliphatic rings. The minimum atomic E-state index is -3.09. The molecule has 3 rings (SSSR count). The molecule has 3 aromatic carbocycles. The number of ether oxygens (including phenoxy) is 10. The van der Waals surface area contributed by atoms with Crippen molar-refractivity contribution in [1.82, 2.24) is 0 Å². The molecule has 0 bridgehead atoms. The molecular weight excluding hydrogens is 875 g/mol. The van der Waals surface area contributed by atoms with Crippen molar-refractivity contribution in [2.24, 2.45) is 0 Å². The van der Waals surface area contributed by atoms with Crippen LogP contribution in [0.1, 0.15) is 97.1 Å². The fourth-order valence-electron chi connectivity index (χ4n) is 5.02. The Balaban J connectivity index is 0.000000503. The zero-order valence-corrected chi connectivity index (χ0v) is 41.5. The molecule has 0 aromatic heterocycles. The third kappa shape index (κ3) is 34.3. The van der Waals surface area contributed by atoms with Crippen LogP contribution in [0.4, 0.5) is 0 Å². The second kappa shape index (κ2) is 37.0. The van der Waals surface area contributed by atoms with Gasteiger partial charge in [-0.05, 0) is 85.1 Å². The smallest absolute Gasteiger partial charge is 0.340 e. The maximum absolute atomic E-state index is 12.4. The summed E-state index contributed by atoms with van der Waals surface area (Å²) in [7, 11) is -3.09. The molecule has 66 heavy (non-hydrogen) atoms. The average molecular weight is 951 g/mol. The lowest BCUT2D eigenvalue weighted by molar-refractivity contribution is -0.159. The SMILES string of the molecule is CC(=O)OCOCC(COC(C)C)OCc1ccccc1.CC(=O)OCOCCCP(=O)(OC(C)C)OC(C)C.CC(C)OCC(COCOC(=O)c1ccccc1)OCc1ccccc1. The van der Waals surface area contributed by atoms with E-state index in [2.05, 4.69) is 4.74 Å². The highest BCUT2D eigenvalue weighted by Crippen LogP contribution is 2.50. The predicted molar refractivity (Wildman–Crippen MR) is 250 cm³/mol. The quantitative estimate of drug-likeness (QED) is 0.0196. The zero-order chi connectivity index (χ0) is 49.0. The van der Waals surface area contributed by atoms with Crippen LogP contribution in [0, 0.1) is 0 Å². The number of benzene rings is 3. The van der Waals surface area contributed by atoms with Gasteiger partial charge in [0.25, 0.3) is 0 Å². The number of hydrogen-bond donors (Lipinski definition) is 0. The summed E-state index contributed by atoms with van der Waals surface area (Å²) < 4.78 is 76.3. The molecule has 2 unspecified atom stereocenters. The van der Waals surface area contributed by atoms with E-state index in [0.717, 1.165) is 11.1 Å². The standard InChI is InChI=1S/C21H26O5.C16H24O5.C12H25O6P/c1-17(2)24-15-20(25-13-18-9-5-3-6-10-18)14-23-16-26-21(22)19-11-7-4-8-12-19;1-13(2)19-11-16(10-18-12-21-14(3)17)20-9-15-7-5-4-6-8-15;1-10(2)17-19(14,18-11(3)4)8-6-7-15-9-16-12(5)13/h3-12,17,20H,13-16H2,1-2H3;4-8,13,16H,9-12H2,1-3H3;10-11H,6-9H2,1-5H3. The molecule has 17 heteroatoms. The molecular formula is C49H75O16P. The van der Waals surface area contributed by atoms with E-state index in [-0.39, 0.29) is 75.7 Å². The summed E-state index contributed by atoms with van der Waals surface area (Å²) in [6.07, 6.45) is 0.255. The number of esters is 3. The highest BCUT2D eigenvalue weighted by atomic mass is 31.2. The first-order valence-electron chi connectivity index (χ1n) is 22.2. The van der Waals surface area contributed by atoms with Crippen LogP contribution in [0.2, 0.25) is 0 Å². The lowest BCUT2D eigenvalue weighted by Crippen LogP contribution is -2.28. The maximum atomic E-state index is 12.4. The topological polar surface area (TPSA) is 179 Å². The van der Waals surface area contributed by atoms with E-state index in [1.807, 2.05) is 122 Å². The van der Waals surface area contributed by atoms with Gasteiger partial charge in [-0.25, -0.2) is 4.79 Å². The zero-order valence-electron chi connectivity index (χ0n) is 40.6. The second-order valence-corrected chi connectivity index (χ2v) is 17.8. The van der Waals surface area contributed by atoms with Gasteiger partial charge in [-0.2, -0.15) is 0 Å². The van der Waals surface area contributed by atoms with E-state index in [0.29, 0.717) is 51.6 Å². The van der Waals surface area contributed by atoms with Gasteiger partial charge >= 0.3 is 25.5 Å². The summed E-state index contributed by atoms with van der Waals surface area (Å²) >= 11 is 0. The molecule has 0 fully saturated rings. The molecule has 0 saturated carbocycles. The largest absolute Gasteiger partial charge is 0.439 e. The van der Waals surface area contributed by atoms with Crippen molar-refractivity contribution in [1.29, 1.82) is 0 Å². The fourth-order valence-corrected chi connectivity index (χ4v) is 7.08. The van der Waals surface area contributed by atoms with Gasteiger partial charge in [-0.3, -0.25) is 14.2 Å². The first kappa shape index (κ1) is 60.0. The molecule has 0 aliphatic heterocycles. The summed E-state index contributed by atoms with van der Waals surface area (Å²) in [5, 5.41) is 0. The van der Waals surface area contributed by atoms with Crippen molar-refractivity contribution in [2.75, 3.05) is 59.6 Å². The summed E-state index contributed by atoms with van der Waals surface area (Å²) in [5.41, 5.74) is 2.67. The molecule has 3 aromatic rings. The number of carbonyl (C=O) groups excluding carboxylic acids is 3. The average Bonchev–Trinajstić information content (AvgIpc) is 3.26. The molecule has 2 atom stereocenters. The Morgan fingerprint density at radius 3 is 1.27 bits per heavy atom. The first-order valence-corrected chi connectivity index (χ1v) is 23.9. The fraction of sp³-hybridized carbons (Fsp3) is 0.571. The van der Waals surface area contributed by atoms with Gasteiger partial charge in [0.05, 0.1) is 82.4 Å². The Kier molecular flexibility index (Phi) is 33.6. The minimum Gasteiger partial charge on any atom is -0.439 e. The third-order valence-corrected chi connectivity index (χ3v) is 10.3. The van der Waals surface area contributed by atoms with E-state index in [9.17, 15) is 18.9 Å². The molecule has 0 radical (unpaired) electrons. The van der Waals surface area contributed by atoms with Gasteiger partial charge < -0.3 is 56.4 Å². The Morgan fingerprint density at radius 2 is 0.879 bits per heavy atom. The van der Waals surface area contributed by atoms with Gasteiger partial charge in [0.2, 0.25) is 0 Å². The number of rotatable bonds is 31. The van der Waals surface area contributed by atoms with Crippen LogP contribution in [-0.4, -0.2) is 114 Å². The van der Waals surface area contributed by atoms with E-state index in [1.165, 1.54) is 13.8 Å². The Hall–Kier alpha value is -4.06. The van der Waals surface area contributed by atoms with Gasteiger partial charge in [0, 0.05) is 13.8 Å². The lowest BCUT2D eigenvalue weighted by Gasteiger charge is -2.22. The number of hydrogen-bond acceptors (Lipinski definition) is 16. The van der Waals surface area contributed by atoms with E-state index < -0.39 is 19.5 Å². The molecule has 372 valence electrons. The molecule has 0 amide bonds. The van der Waals surface area contributed by atoms with Gasteiger partial charge in [0.1, 0.15) is 12.2 Å². The van der Waals surface area contributed by atoms with Crippen LogP contribution in [-0.2, 0) is 83.8 Å². The van der Waals surface area contributed by atoms with Crippen LogP contribution in [0.3, 0.4) is 0 Å². The Morgan fingerprint density at radius 1 is 0.485 bits per heavy atom. The second-order valence-electron chi connectivity index (χ2n) is 15.7. The maximum Gasteiger partial charge on any atom is 0.340 e. The Bertz CT molecular complexity index is 1700. The molecule has 0 aliphatic carbocycles. The highest BCUT2D eigenvalue weighted by Gasteiger charge is 2.27. The number of carbonyl (C=O) groups is 3. The van der Waals surface area contributed by atoms with Crippen LogP contribution >= 0.6 is 7.60 Å². The molecule has 0 heterocycles. The Labute approximate surface area is 392 Å². The summed E-state index contributed by atoms with van der Waals surface area (Å²) in [5.74, 6) is -1.17. The van der Waals surface area contributed by atoms with Gasteiger partial charge in [-0.15, -0.1) is 0 Å². The summed E-state index contributed by atoms with van der Waals surface area (Å²) in [6.45, 7) is 20.2. The van der Waals surface area contributed by atoms with Crippen molar-refractivity contribution < 1.29 is 75.4 Å². The van der Waals surface area contributed by atoms with Crippen molar-refractivity contribution in [3.63, 3.8) is 0 Å².